The molecule has 7 heteroatoms. The second kappa shape index (κ2) is 4.92. The van der Waals surface area contributed by atoms with E-state index in [1.807, 2.05) is 0 Å². The van der Waals surface area contributed by atoms with Crippen molar-refractivity contribution < 1.29 is 14.7 Å². The maximum atomic E-state index is 12.5. The van der Waals surface area contributed by atoms with Crippen LogP contribution in [0.5, 0.6) is 0 Å². The van der Waals surface area contributed by atoms with Gasteiger partial charge in [-0.05, 0) is 39.0 Å². The molecule has 0 bridgehead atoms. The van der Waals surface area contributed by atoms with Gasteiger partial charge >= 0.3 is 5.97 Å². The topological polar surface area (TPSA) is 99.2 Å². The van der Waals surface area contributed by atoms with Gasteiger partial charge in [0.1, 0.15) is 17.6 Å². The summed E-state index contributed by atoms with van der Waals surface area (Å²) in [4.78, 5) is 24.8. The summed E-state index contributed by atoms with van der Waals surface area (Å²) in [5.41, 5.74) is 1.03. The Morgan fingerprint density at radius 3 is 2.50 bits per heavy atom. The number of nitrogens with zero attached hydrogens (tertiary/aromatic N) is 3. The number of nitrogens with one attached hydrogen (secondary N) is 1. The van der Waals surface area contributed by atoms with Crippen LogP contribution in [0.1, 0.15) is 31.1 Å². The van der Waals surface area contributed by atoms with Crippen LogP contribution in [0.25, 0.3) is 11.0 Å². The molecule has 0 aliphatic heterocycles. The number of carbonyl (C=O) groups excluding carboxylic acids is 1. The highest BCUT2D eigenvalue weighted by Gasteiger charge is 2.29. The third-order valence-electron chi connectivity index (χ3n) is 2.91. The summed E-state index contributed by atoms with van der Waals surface area (Å²) < 4.78 is 0. The number of aromatic amines is 1. The monoisotopic (exact) mass is 276 g/mol. The van der Waals surface area contributed by atoms with Gasteiger partial charge in [0.05, 0.1) is 0 Å². The molecular formula is C13H16N4O3. The number of hydrogen-bond donors (Lipinski definition) is 2. The number of fused-ring (bicyclic) bond motifs is 1. The molecule has 0 aliphatic rings. The fourth-order valence-corrected chi connectivity index (χ4v) is 1.88. The van der Waals surface area contributed by atoms with Crippen molar-refractivity contribution in [3.63, 3.8) is 0 Å². The van der Waals surface area contributed by atoms with Crippen molar-refractivity contribution >= 4 is 22.9 Å². The molecule has 0 saturated heterocycles. The van der Waals surface area contributed by atoms with E-state index < -0.39 is 11.5 Å². The number of amides is 1. The summed E-state index contributed by atoms with van der Waals surface area (Å²) in [6.07, 6.45) is 0. The minimum absolute atomic E-state index is 0.343. The van der Waals surface area contributed by atoms with Crippen LogP contribution in [0.15, 0.2) is 18.2 Å². The molecule has 7 nitrogen and oxygen atoms in total. The van der Waals surface area contributed by atoms with Crippen LogP contribution in [0, 0.1) is 0 Å². The Bertz CT molecular complexity index is 657. The first-order chi connectivity index (χ1) is 9.29. The van der Waals surface area contributed by atoms with Crippen molar-refractivity contribution in [1.29, 1.82) is 0 Å². The van der Waals surface area contributed by atoms with E-state index in [9.17, 15) is 9.59 Å². The Hall–Kier alpha value is -2.44. The first kappa shape index (κ1) is 14.0. The smallest absolute Gasteiger partial charge is 0.323 e. The average Bonchev–Trinajstić information content (AvgIpc) is 2.80. The highest BCUT2D eigenvalue weighted by Crippen LogP contribution is 2.19. The number of aliphatic carboxylic acids is 1. The minimum Gasteiger partial charge on any atom is -0.480 e. The van der Waals surface area contributed by atoms with Crippen LogP contribution < -0.4 is 0 Å². The van der Waals surface area contributed by atoms with E-state index in [1.54, 1.807) is 39.0 Å². The molecule has 0 atom stereocenters. The average molecular weight is 276 g/mol. The number of aromatic nitrogens is 3. The predicted molar refractivity (Wildman–Crippen MR) is 72.3 cm³/mol. The summed E-state index contributed by atoms with van der Waals surface area (Å²) in [7, 11) is 0. The van der Waals surface area contributed by atoms with E-state index in [1.165, 1.54) is 4.90 Å². The molecular weight excluding hydrogens is 260 g/mol. The zero-order valence-electron chi connectivity index (χ0n) is 11.5. The highest BCUT2D eigenvalue weighted by atomic mass is 16.4. The third kappa shape index (κ3) is 2.76. The second-order valence-corrected chi connectivity index (χ2v) is 5.48. The van der Waals surface area contributed by atoms with Crippen molar-refractivity contribution in [1.82, 2.24) is 20.3 Å². The van der Waals surface area contributed by atoms with Gasteiger partial charge in [0.2, 0.25) is 0 Å². The lowest BCUT2D eigenvalue weighted by Gasteiger charge is -2.34. The second-order valence-electron chi connectivity index (χ2n) is 5.48. The van der Waals surface area contributed by atoms with Crippen LogP contribution in [0.4, 0.5) is 0 Å². The quantitative estimate of drug-likeness (QED) is 0.879. The summed E-state index contributed by atoms with van der Waals surface area (Å²) in [6.45, 7) is 5.03. The van der Waals surface area contributed by atoms with Gasteiger partial charge in [-0.15, -0.1) is 0 Å². The summed E-state index contributed by atoms with van der Waals surface area (Å²) in [5, 5.41) is 19.3. The number of H-pyrrole nitrogens is 1. The van der Waals surface area contributed by atoms with E-state index in [4.69, 9.17) is 5.11 Å². The number of carboxylic acids is 1. The Labute approximate surface area is 115 Å². The molecule has 1 aromatic heterocycles. The Kier molecular flexibility index (Phi) is 3.44. The number of hydrogen-bond acceptors (Lipinski definition) is 4. The van der Waals surface area contributed by atoms with Crippen LogP contribution in [-0.2, 0) is 4.79 Å². The number of benzene rings is 1. The summed E-state index contributed by atoms with van der Waals surface area (Å²) in [6, 6.07) is 4.89. The Balaban J connectivity index is 2.37. The van der Waals surface area contributed by atoms with Gasteiger partial charge in [0.15, 0.2) is 0 Å². The molecule has 0 radical (unpaired) electrons. The van der Waals surface area contributed by atoms with Crippen molar-refractivity contribution in [3.8, 4) is 0 Å². The van der Waals surface area contributed by atoms with Crippen LogP contribution >= 0.6 is 0 Å². The van der Waals surface area contributed by atoms with E-state index in [-0.39, 0.29) is 12.5 Å². The molecule has 0 aliphatic carbocycles. The number of carbonyl (C=O) groups is 2. The van der Waals surface area contributed by atoms with Gasteiger partial charge in [-0.3, -0.25) is 9.59 Å². The minimum atomic E-state index is -1.05. The largest absolute Gasteiger partial charge is 0.480 e. The first-order valence-corrected chi connectivity index (χ1v) is 6.13. The van der Waals surface area contributed by atoms with Crippen LogP contribution in [0.3, 0.4) is 0 Å². The Morgan fingerprint density at radius 2 is 1.90 bits per heavy atom. The molecule has 0 saturated carbocycles. The Morgan fingerprint density at radius 1 is 1.25 bits per heavy atom. The van der Waals surface area contributed by atoms with Crippen LogP contribution in [0.2, 0.25) is 0 Å². The molecule has 20 heavy (non-hydrogen) atoms. The van der Waals surface area contributed by atoms with Gasteiger partial charge < -0.3 is 10.0 Å². The van der Waals surface area contributed by atoms with Gasteiger partial charge in [-0.25, -0.2) is 0 Å². The third-order valence-corrected chi connectivity index (χ3v) is 2.91. The highest BCUT2D eigenvalue weighted by molar-refractivity contribution is 5.98. The lowest BCUT2D eigenvalue weighted by molar-refractivity contribution is -0.138. The fraction of sp³-hybridized carbons (Fsp3) is 0.385. The normalized spacial score (nSPS) is 11.6. The molecule has 2 N–H and O–H groups in total. The summed E-state index contributed by atoms with van der Waals surface area (Å²) in [5.74, 6) is -1.39. The molecule has 2 aromatic rings. The number of carboxylic acid groups (broad SMARTS) is 1. The predicted octanol–water partition coefficient (Wildman–Crippen LogP) is 1.28. The molecule has 1 aromatic carbocycles. The van der Waals surface area contributed by atoms with Crippen molar-refractivity contribution in [3.05, 3.63) is 23.8 Å². The van der Waals surface area contributed by atoms with Crippen molar-refractivity contribution in [2.75, 3.05) is 6.54 Å². The summed E-state index contributed by atoms with van der Waals surface area (Å²) >= 11 is 0. The van der Waals surface area contributed by atoms with E-state index in [0.29, 0.717) is 16.6 Å². The first-order valence-electron chi connectivity index (χ1n) is 6.13. The zero-order valence-corrected chi connectivity index (χ0v) is 11.5. The van der Waals surface area contributed by atoms with Crippen LogP contribution in [-0.4, -0.2) is 49.4 Å². The standard InChI is InChI=1S/C13H16N4O3/c1-13(2,3)17(7-11(18)19)12(20)8-4-5-9-10(6-8)15-16-14-9/h4-6H,7H2,1-3H3,(H,18,19)(H,14,15,16). The van der Waals surface area contributed by atoms with E-state index in [0.717, 1.165) is 0 Å². The van der Waals surface area contributed by atoms with Crippen molar-refractivity contribution in [2.45, 2.75) is 26.3 Å². The maximum Gasteiger partial charge on any atom is 0.323 e. The molecule has 1 heterocycles. The van der Waals surface area contributed by atoms with Gasteiger partial charge in [-0.1, -0.05) is 0 Å². The lowest BCUT2D eigenvalue weighted by Crippen LogP contribution is -2.48. The van der Waals surface area contributed by atoms with Gasteiger partial charge in [-0.2, -0.15) is 15.4 Å². The van der Waals surface area contributed by atoms with Gasteiger partial charge in [0.25, 0.3) is 5.91 Å². The van der Waals surface area contributed by atoms with Gasteiger partial charge in [0, 0.05) is 11.1 Å². The SMILES string of the molecule is CC(C)(C)N(CC(=O)O)C(=O)c1ccc2n[nH]nc2c1. The van der Waals surface area contributed by atoms with Crippen molar-refractivity contribution in [2.24, 2.45) is 0 Å². The molecule has 106 valence electrons. The maximum absolute atomic E-state index is 12.5. The van der Waals surface area contributed by atoms with E-state index in [2.05, 4.69) is 15.4 Å². The molecule has 0 unspecified atom stereocenters. The van der Waals surface area contributed by atoms with E-state index >= 15 is 0 Å². The lowest BCUT2D eigenvalue weighted by atomic mass is 10.0. The molecule has 2 rings (SSSR count). The molecule has 1 amide bonds. The molecule has 0 spiro atoms. The zero-order chi connectivity index (χ0) is 14.9. The fourth-order valence-electron chi connectivity index (χ4n) is 1.88. The molecule has 0 fully saturated rings. The number of rotatable bonds is 3.